The molecular formula is C6H14O2S. The Morgan fingerprint density at radius 3 is 2.00 bits per heavy atom. The molecule has 0 aliphatic heterocycles. The third-order valence-corrected chi connectivity index (χ3v) is 2.88. The molecule has 0 saturated carbocycles. The van der Waals surface area contributed by atoms with Crippen molar-refractivity contribution in [2.45, 2.75) is 25.5 Å². The highest BCUT2D eigenvalue weighted by Gasteiger charge is 2.17. The van der Waals surface area contributed by atoms with Gasteiger partial charge < -0.3 is 5.11 Å². The summed E-state index contributed by atoms with van der Waals surface area (Å²) in [5.74, 6) is 0.392. The van der Waals surface area contributed by atoms with E-state index in [9.17, 15) is 4.21 Å². The fourth-order valence-electron chi connectivity index (χ4n) is 0.389. The van der Waals surface area contributed by atoms with Crippen molar-refractivity contribution in [3.63, 3.8) is 0 Å². The lowest BCUT2D eigenvalue weighted by atomic mass is 10.3. The van der Waals surface area contributed by atoms with Crippen molar-refractivity contribution in [3.05, 3.63) is 0 Å². The summed E-state index contributed by atoms with van der Waals surface area (Å²) in [7, 11) is -0.887. The minimum Gasteiger partial charge on any atom is -0.395 e. The van der Waals surface area contributed by atoms with Gasteiger partial charge in [-0.25, -0.2) is 0 Å². The van der Waals surface area contributed by atoms with Crippen LogP contribution in [0.5, 0.6) is 0 Å². The maximum Gasteiger partial charge on any atom is 0.0546 e. The van der Waals surface area contributed by atoms with E-state index in [1.165, 1.54) is 0 Å². The largest absolute Gasteiger partial charge is 0.395 e. The van der Waals surface area contributed by atoms with Crippen molar-refractivity contribution in [2.24, 2.45) is 0 Å². The summed E-state index contributed by atoms with van der Waals surface area (Å²) >= 11 is 0. The predicted octanol–water partition coefficient (Wildman–Crippen LogP) is 0.526. The normalized spacial score (nSPS) is 15.6. The first-order valence-corrected chi connectivity index (χ1v) is 4.29. The molecule has 0 saturated heterocycles. The van der Waals surface area contributed by atoms with Gasteiger partial charge in [-0.3, -0.25) is 4.21 Å². The van der Waals surface area contributed by atoms with Gasteiger partial charge in [0.05, 0.1) is 6.61 Å². The molecule has 0 radical (unpaired) electrons. The Balaban J connectivity index is 3.74. The van der Waals surface area contributed by atoms with Crippen LogP contribution in [0.2, 0.25) is 0 Å². The third kappa shape index (κ3) is 3.65. The third-order valence-electron chi connectivity index (χ3n) is 0.960. The van der Waals surface area contributed by atoms with Gasteiger partial charge in [0, 0.05) is 21.3 Å². The van der Waals surface area contributed by atoms with Crippen LogP contribution in [0.1, 0.15) is 20.8 Å². The molecule has 0 bridgehead atoms. The van der Waals surface area contributed by atoms with E-state index in [-0.39, 0.29) is 11.4 Å². The van der Waals surface area contributed by atoms with Crippen LogP contribution < -0.4 is 0 Å². The Morgan fingerprint density at radius 2 is 1.89 bits per heavy atom. The second-order valence-corrected chi connectivity index (χ2v) is 5.21. The van der Waals surface area contributed by atoms with E-state index < -0.39 is 10.8 Å². The second-order valence-electron chi connectivity index (χ2n) is 2.89. The van der Waals surface area contributed by atoms with Gasteiger partial charge in [0.1, 0.15) is 0 Å². The molecule has 0 aromatic heterocycles. The zero-order chi connectivity index (χ0) is 7.49. The topological polar surface area (TPSA) is 37.3 Å². The zero-order valence-corrected chi connectivity index (χ0v) is 6.99. The molecule has 0 spiro atoms. The quantitative estimate of drug-likeness (QED) is 0.623. The summed E-state index contributed by atoms with van der Waals surface area (Å²) in [6, 6.07) is 0. The van der Waals surface area contributed by atoms with Crippen LogP contribution in [0.4, 0.5) is 0 Å². The Labute approximate surface area is 58.7 Å². The van der Waals surface area contributed by atoms with E-state index in [1.54, 1.807) is 0 Å². The van der Waals surface area contributed by atoms with Crippen LogP contribution in [0, 0.1) is 0 Å². The average molecular weight is 150 g/mol. The van der Waals surface area contributed by atoms with E-state index in [1.807, 2.05) is 20.8 Å². The standard InChI is InChI=1S/C6H14O2S/c1-6(2,3)9(8)5-4-7/h7H,4-5H2,1-3H3/t9-/m0/s1. The summed E-state index contributed by atoms with van der Waals surface area (Å²) in [6.07, 6.45) is 0. The summed E-state index contributed by atoms with van der Waals surface area (Å²) in [5.41, 5.74) is 0. The van der Waals surface area contributed by atoms with Gasteiger partial charge in [0.15, 0.2) is 0 Å². The fourth-order valence-corrected chi connectivity index (χ4v) is 1.17. The molecule has 0 aliphatic carbocycles. The van der Waals surface area contributed by atoms with Crippen molar-refractivity contribution in [3.8, 4) is 0 Å². The summed E-state index contributed by atoms with van der Waals surface area (Å²) in [6.45, 7) is 5.72. The van der Waals surface area contributed by atoms with E-state index >= 15 is 0 Å². The highest BCUT2D eigenvalue weighted by molar-refractivity contribution is 7.86. The molecule has 0 aromatic rings. The maximum atomic E-state index is 11.0. The molecule has 0 heterocycles. The highest BCUT2D eigenvalue weighted by atomic mass is 32.2. The van der Waals surface area contributed by atoms with Gasteiger partial charge in [-0.05, 0) is 20.8 Å². The molecule has 3 heteroatoms. The highest BCUT2D eigenvalue weighted by Crippen LogP contribution is 2.10. The minimum atomic E-state index is -0.887. The van der Waals surface area contributed by atoms with E-state index in [0.29, 0.717) is 5.75 Å². The fraction of sp³-hybridized carbons (Fsp3) is 1.00. The van der Waals surface area contributed by atoms with Crippen LogP contribution in [0.15, 0.2) is 0 Å². The van der Waals surface area contributed by atoms with Gasteiger partial charge in [-0.1, -0.05) is 0 Å². The summed E-state index contributed by atoms with van der Waals surface area (Å²) < 4.78 is 10.8. The molecule has 1 atom stereocenters. The smallest absolute Gasteiger partial charge is 0.0546 e. The van der Waals surface area contributed by atoms with Crippen LogP contribution in [0.3, 0.4) is 0 Å². The Bertz CT molecular complexity index is 104. The molecule has 0 amide bonds. The lowest BCUT2D eigenvalue weighted by molar-refractivity contribution is 0.320. The minimum absolute atomic E-state index is 0.0177. The Morgan fingerprint density at radius 1 is 1.44 bits per heavy atom. The molecule has 0 fully saturated rings. The lowest BCUT2D eigenvalue weighted by Crippen LogP contribution is -2.25. The molecule has 1 N–H and O–H groups in total. The predicted molar refractivity (Wildman–Crippen MR) is 39.8 cm³/mol. The molecule has 0 aliphatic rings. The molecule has 0 unspecified atom stereocenters. The second kappa shape index (κ2) is 3.32. The van der Waals surface area contributed by atoms with Gasteiger partial charge >= 0.3 is 0 Å². The van der Waals surface area contributed by atoms with Crippen LogP contribution in [-0.4, -0.2) is 26.4 Å². The monoisotopic (exact) mass is 150 g/mol. The van der Waals surface area contributed by atoms with Gasteiger partial charge in [-0.2, -0.15) is 0 Å². The first kappa shape index (κ1) is 9.11. The number of hydrogen-bond acceptors (Lipinski definition) is 2. The van der Waals surface area contributed by atoms with E-state index in [4.69, 9.17) is 5.11 Å². The van der Waals surface area contributed by atoms with Crippen molar-refractivity contribution in [1.29, 1.82) is 0 Å². The number of aliphatic hydroxyl groups is 1. The summed E-state index contributed by atoms with van der Waals surface area (Å²) in [5, 5.41) is 8.41. The van der Waals surface area contributed by atoms with Crippen LogP contribution in [-0.2, 0) is 10.8 Å². The van der Waals surface area contributed by atoms with Crippen LogP contribution >= 0.6 is 0 Å². The van der Waals surface area contributed by atoms with Crippen molar-refractivity contribution in [1.82, 2.24) is 0 Å². The number of rotatable bonds is 2. The molecular weight excluding hydrogens is 136 g/mol. The Kier molecular flexibility index (Phi) is 3.36. The van der Waals surface area contributed by atoms with E-state index in [2.05, 4.69) is 0 Å². The maximum absolute atomic E-state index is 11.0. The first-order valence-electron chi connectivity index (χ1n) is 2.98. The molecule has 0 aromatic carbocycles. The lowest BCUT2D eigenvalue weighted by Gasteiger charge is -2.16. The van der Waals surface area contributed by atoms with Gasteiger partial charge in [0.25, 0.3) is 0 Å². The first-order chi connectivity index (χ1) is 3.98. The molecule has 9 heavy (non-hydrogen) atoms. The van der Waals surface area contributed by atoms with E-state index in [0.717, 1.165) is 0 Å². The molecule has 0 rings (SSSR count). The SMILES string of the molecule is CC(C)(C)[S@@](=O)CCO. The van der Waals surface area contributed by atoms with Crippen molar-refractivity contribution in [2.75, 3.05) is 12.4 Å². The summed E-state index contributed by atoms with van der Waals surface area (Å²) in [4.78, 5) is 0. The number of hydrogen-bond donors (Lipinski definition) is 1. The Hall–Kier alpha value is 0.110. The number of aliphatic hydroxyl groups excluding tert-OH is 1. The van der Waals surface area contributed by atoms with Crippen molar-refractivity contribution >= 4 is 10.8 Å². The zero-order valence-electron chi connectivity index (χ0n) is 6.18. The van der Waals surface area contributed by atoms with Gasteiger partial charge in [0.2, 0.25) is 0 Å². The molecule has 2 nitrogen and oxygen atoms in total. The van der Waals surface area contributed by atoms with Crippen molar-refractivity contribution < 1.29 is 9.32 Å². The van der Waals surface area contributed by atoms with Crippen LogP contribution in [0.25, 0.3) is 0 Å². The van der Waals surface area contributed by atoms with Gasteiger partial charge in [-0.15, -0.1) is 0 Å². The average Bonchev–Trinajstić information content (AvgIpc) is 1.64. The molecule has 56 valence electrons.